The van der Waals surface area contributed by atoms with Crippen LogP contribution in [-0.4, -0.2) is 16.7 Å². The summed E-state index contributed by atoms with van der Waals surface area (Å²) in [6.07, 6.45) is 4.57. The van der Waals surface area contributed by atoms with Crippen LogP contribution in [-0.2, 0) is 11.3 Å². The number of ketones is 1. The van der Waals surface area contributed by atoms with Crippen molar-refractivity contribution in [3.63, 3.8) is 0 Å². The summed E-state index contributed by atoms with van der Waals surface area (Å²) in [5.74, 6) is 0.435. The maximum Gasteiger partial charge on any atom is 0.244 e. The number of hydrogen-bond acceptors (Lipinski definition) is 6. The van der Waals surface area contributed by atoms with Gasteiger partial charge in [-0.15, -0.1) is 11.3 Å². The Bertz CT molecular complexity index is 912. The Morgan fingerprint density at radius 3 is 2.73 bits per heavy atom. The lowest BCUT2D eigenvalue weighted by Gasteiger charge is -2.03. The fourth-order valence-corrected chi connectivity index (χ4v) is 2.87. The standard InChI is InChI=1S/C19H17N3O3S/c1-13(23)14-4-6-15(7-5-14)21-19-22-16(12-26-19)11-20-18(24)9-8-17-3-2-10-25-17/h2-10,12H,11H2,1H3,(H,20,24)(H,21,22)/b9-8+. The fourth-order valence-electron chi connectivity index (χ4n) is 2.14. The molecule has 0 aliphatic rings. The van der Waals surface area contributed by atoms with Crippen LogP contribution < -0.4 is 10.6 Å². The second-order valence-corrected chi connectivity index (χ2v) is 6.33. The van der Waals surface area contributed by atoms with Crippen LogP contribution in [0.25, 0.3) is 6.08 Å². The van der Waals surface area contributed by atoms with E-state index in [1.807, 2.05) is 17.5 Å². The van der Waals surface area contributed by atoms with E-state index in [4.69, 9.17) is 4.42 Å². The molecule has 26 heavy (non-hydrogen) atoms. The summed E-state index contributed by atoms with van der Waals surface area (Å²) in [5, 5.41) is 8.55. The van der Waals surface area contributed by atoms with Crippen molar-refractivity contribution >= 4 is 39.9 Å². The molecule has 0 atom stereocenters. The monoisotopic (exact) mass is 367 g/mol. The third-order valence-corrected chi connectivity index (χ3v) is 4.29. The molecule has 0 aliphatic carbocycles. The van der Waals surface area contributed by atoms with E-state index >= 15 is 0 Å². The largest absolute Gasteiger partial charge is 0.465 e. The summed E-state index contributed by atoms with van der Waals surface area (Å²) in [6, 6.07) is 10.7. The molecule has 0 unspecified atom stereocenters. The molecule has 0 aliphatic heterocycles. The summed E-state index contributed by atoms with van der Waals surface area (Å²) < 4.78 is 5.12. The molecule has 3 aromatic rings. The second-order valence-electron chi connectivity index (χ2n) is 5.47. The summed E-state index contributed by atoms with van der Waals surface area (Å²) in [7, 11) is 0. The number of rotatable bonds is 7. The maximum absolute atomic E-state index is 11.8. The molecule has 3 rings (SSSR count). The van der Waals surface area contributed by atoms with E-state index in [0.717, 1.165) is 16.5 Å². The summed E-state index contributed by atoms with van der Waals surface area (Å²) in [6.45, 7) is 1.87. The smallest absolute Gasteiger partial charge is 0.244 e. The first-order valence-electron chi connectivity index (χ1n) is 7.92. The first kappa shape index (κ1) is 17.6. The Kier molecular flexibility index (Phi) is 5.60. The molecule has 0 saturated carbocycles. The highest BCUT2D eigenvalue weighted by atomic mass is 32.1. The highest BCUT2D eigenvalue weighted by Gasteiger charge is 2.05. The molecule has 1 aromatic carbocycles. The summed E-state index contributed by atoms with van der Waals surface area (Å²) >= 11 is 1.44. The van der Waals surface area contributed by atoms with E-state index in [1.165, 1.54) is 24.3 Å². The first-order valence-corrected chi connectivity index (χ1v) is 8.80. The number of furan rings is 1. The van der Waals surface area contributed by atoms with Crippen molar-refractivity contribution in [2.75, 3.05) is 5.32 Å². The van der Waals surface area contributed by atoms with Crippen LogP contribution in [0, 0.1) is 0 Å². The molecular formula is C19H17N3O3S. The van der Waals surface area contributed by atoms with E-state index in [9.17, 15) is 9.59 Å². The van der Waals surface area contributed by atoms with Gasteiger partial charge in [-0.25, -0.2) is 4.98 Å². The Hall–Kier alpha value is -3.19. The molecule has 0 bridgehead atoms. The highest BCUT2D eigenvalue weighted by molar-refractivity contribution is 7.13. The van der Waals surface area contributed by atoms with E-state index in [0.29, 0.717) is 17.9 Å². The number of Topliss-reactive ketones (excluding diaryl/α,β-unsaturated/α-hetero) is 1. The van der Waals surface area contributed by atoms with Gasteiger partial charge in [-0.3, -0.25) is 9.59 Å². The minimum Gasteiger partial charge on any atom is -0.465 e. The number of nitrogens with one attached hydrogen (secondary N) is 2. The average Bonchev–Trinajstić information content (AvgIpc) is 3.30. The van der Waals surface area contributed by atoms with Gasteiger partial charge < -0.3 is 15.1 Å². The maximum atomic E-state index is 11.8. The van der Waals surface area contributed by atoms with Gasteiger partial charge in [-0.1, -0.05) is 0 Å². The van der Waals surface area contributed by atoms with Crippen molar-refractivity contribution in [3.05, 3.63) is 71.1 Å². The lowest BCUT2D eigenvalue weighted by atomic mass is 10.1. The van der Waals surface area contributed by atoms with Gasteiger partial charge in [0, 0.05) is 22.7 Å². The molecule has 0 fully saturated rings. The molecule has 0 spiro atoms. The van der Waals surface area contributed by atoms with Gasteiger partial charge in [0.1, 0.15) is 5.76 Å². The zero-order chi connectivity index (χ0) is 18.4. The molecular weight excluding hydrogens is 350 g/mol. The SMILES string of the molecule is CC(=O)c1ccc(Nc2nc(CNC(=O)/C=C/c3ccco3)cs2)cc1. The van der Waals surface area contributed by atoms with Crippen molar-refractivity contribution < 1.29 is 14.0 Å². The third kappa shape index (κ3) is 4.90. The average molecular weight is 367 g/mol. The number of aromatic nitrogens is 1. The Morgan fingerprint density at radius 2 is 2.04 bits per heavy atom. The summed E-state index contributed by atoms with van der Waals surface area (Å²) in [5.41, 5.74) is 2.28. The number of amides is 1. The fraction of sp³-hybridized carbons (Fsp3) is 0.105. The van der Waals surface area contributed by atoms with E-state index in [-0.39, 0.29) is 11.7 Å². The minimum atomic E-state index is -0.219. The van der Waals surface area contributed by atoms with Gasteiger partial charge in [0.05, 0.1) is 18.5 Å². The van der Waals surface area contributed by atoms with Gasteiger partial charge in [0.2, 0.25) is 5.91 Å². The molecule has 6 nitrogen and oxygen atoms in total. The molecule has 7 heteroatoms. The Balaban J connectivity index is 1.51. The lowest BCUT2D eigenvalue weighted by Crippen LogP contribution is -2.20. The number of anilines is 2. The van der Waals surface area contributed by atoms with Crippen molar-refractivity contribution in [2.24, 2.45) is 0 Å². The second kappa shape index (κ2) is 8.26. The molecule has 0 radical (unpaired) electrons. The lowest BCUT2D eigenvalue weighted by molar-refractivity contribution is -0.116. The highest BCUT2D eigenvalue weighted by Crippen LogP contribution is 2.21. The van der Waals surface area contributed by atoms with Gasteiger partial charge >= 0.3 is 0 Å². The van der Waals surface area contributed by atoms with Crippen molar-refractivity contribution in [2.45, 2.75) is 13.5 Å². The van der Waals surface area contributed by atoms with Gasteiger partial charge in [-0.2, -0.15) is 0 Å². The Morgan fingerprint density at radius 1 is 1.23 bits per heavy atom. The van der Waals surface area contributed by atoms with Crippen LogP contribution >= 0.6 is 11.3 Å². The predicted molar refractivity (Wildman–Crippen MR) is 101 cm³/mol. The number of hydrogen-bond donors (Lipinski definition) is 2. The number of nitrogens with zero attached hydrogens (tertiary/aromatic N) is 1. The van der Waals surface area contributed by atoms with Crippen LogP contribution in [0.15, 0.2) is 58.5 Å². The van der Waals surface area contributed by atoms with Crippen molar-refractivity contribution in [1.82, 2.24) is 10.3 Å². The Labute approximate surface area is 154 Å². The zero-order valence-electron chi connectivity index (χ0n) is 14.1. The number of carbonyl (C=O) groups is 2. The molecule has 2 N–H and O–H groups in total. The van der Waals surface area contributed by atoms with Gasteiger partial charge in [0.25, 0.3) is 0 Å². The quantitative estimate of drug-likeness (QED) is 0.487. The van der Waals surface area contributed by atoms with Crippen LogP contribution in [0.3, 0.4) is 0 Å². The van der Waals surface area contributed by atoms with Crippen LogP contribution in [0.1, 0.15) is 28.7 Å². The van der Waals surface area contributed by atoms with Gasteiger partial charge in [0.15, 0.2) is 10.9 Å². The van der Waals surface area contributed by atoms with Crippen LogP contribution in [0.5, 0.6) is 0 Å². The minimum absolute atomic E-state index is 0.0323. The van der Waals surface area contributed by atoms with E-state index in [1.54, 1.807) is 36.6 Å². The zero-order valence-corrected chi connectivity index (χ0v) is 14.9. The van der Waals surface area contributed by atoms with Crippen LogP contribution in [0.2, 0.25) is 0 Å². The molecule has 132 valence electrons. The molecule has 2 aromatic heterocycles. The predicted octanol–water partition coefficient (Wildman–Crippen LogP) is 4.01. The third-order valence-electron chi connectivity index (χ3n) is 3.48. The number of carbonyl (C=O) groups excluding carboxylic acids is 2. The number of thiazole rings is 1. The van der Waals surface area contributed by atoms with Crippen molar-refractivity contribution in [3.8, 4) is 0 Å². The van der Waals surface area contributed by atoms with Crippen LogP contribution in [0.4, 0.5) is 10.8 Å². The first-order chi connectivity index (χ1) is 12.6. The molecule has 0 saturated heterocycles. The normalized spacial score (nSPS) is 10.8. The van der Waals surface area contributed by atoms with E-state index < -0.39 is 0 Å². The molecule has 2 heterocycles. The van der Waals surface area contributed by atoms with E-state index in [2.05, 4.69) is 15.6 Å². The van der Waals surface area contributed by atoms with Crippen molar-refractivity contribution in [1.29, 1.82) is 0 Å². The summed E-state index contributed by atoms with van der Waals surface area (Å²) in [4.78, 5) is 27.5. The number of benzene rings is 1. The topological polar surface area (TPSA) is 84.2 Å². The molecule has 1 amide bonds. The van der Waals surface area contributed by atoms with Gasteiger partial charge in [-0.05, 0) is 49.4 Å².